The standard InChI is InChI=1S/C14H15ClNO6PS/c1-21-23(18,22-2)14-9-11(5-8-13(14)17)16-24(19,20)12-6-3-10(15)4-7-12/h3-9,16-17H,1-2H3. The molecule has 2 aromatic carbocycles. The average Bonchev–Trinajstić information content (AvgIpc) is 2.56. The van der Waals surface area contributed by atoms with Gasteiger partial charge in [-0.05, 0) is 42.5 Å². The van der Waals surface area contributed by atoms with E-state index in [0.29, 0.717) is 5.02 Å². The van der Waals surface area contributed by atoms with Crippen LogP contribution in [0.4, 0.5) is 5.69 Å². The van der Waals surface area contributed by atoms with Crippen LogP contribution in [-0.4, -0.2) is 27.7 Å². The van der Waals surface area contributed by atoms with Crippen molar-refractivity contribution in [3.05, 3.63) is 47.5 Å². The van der Waals surface area contributed by atoms with Gasteiger partial charge in [0.1, 0.15) is 11.1 Å². The quantitative estimate of drug-likeness (QED) is 0.580. The van der Waals surface area contributed by atoms with E-state index in [0.717, 1.165) is 14.2 Å². The van der Waals surface area contributed by atoms with Crippen LogP contribution in [0.5, 0.6) is 5.75 Å². The average molecular weight is 392 g/mol. The molecule has 0 aliphatic carbocycles. The van der Waals surface area contributed by atoms with Gasteiger partial charge in [0.15, 0.2) is 0 Å². The van der Waals surface area contributed by atoms with Crippen molar-refractivity contribution in [1.82, 2.24) is 0 Å². The number of rotatable bonds is 6. The molecule has 0 spiro atoms. The molecule has 0 amide bonds. The van der Waals surface area contributed by atoms with Gasteiger partial charge in [-0.25, -0.2) is 8.42 Å². The van der Waals surface area contributed by atoms with Crippen molar-refractivity contribution in [2.75, 3.05) is 18.9 Å². The summed E-state index contributed by atoms with van der Waals surface area (Å²) in [4.78, 5) is 0.00295. The van der Waals surface area contributed by atoms with E-state index in [1.54, 1.807) is 0 Å². The normalized spacial score (nSPS) is 12.1. The third kappa shape index (κ3) is 3.91. The molecule has 0 aromatic heterocycles. The number of nitrogens with one attached hydrogen (secondary N) is 1. The fraction of sp³-hybridized carbons (Fsp3) is 0.143. The number of hydrogen-bond donors (Lipinski definition) is 2. The number of aromatic hydroxyl groups is 1. The van der Waals surface area contributed by atoms with Gasteiger partial charge in [-0.15, -0.1) is 0 Å². The molecule has 10 heteroatoms. The Hall–Kier alpha value is -1.57. The lowest BCUT2D eigenvalue weighted by Crippen LogP contribution is -2.15. The van der Waals surface area contributed by atoms with Crippen LogP contribution in [0.3, 0.4) is 0 Å². The highest BCUT2D eigenvalue weighted by Gasteiger charge is 2.29. The Kier molecular flexibility index (Phi) is 5.57. The Morgan fingerprint density at radius 1 is 1.08 bits per heavy atom. The first-order valence-electron chi connectivity index (χ1n) is 6.55. The Bertz CT molecular complexity index is 877. The number of sulfonamides is 1. The first-order valence-corrected chi connectivity index (χ1v) is 9.96. The van der Waals surface area contributed by atoms with Gasteiger partial charge in [-0.1, -0.05) is 11.6 Å². The fourth-order valence-electron chi connectivity index (χ4n) is 1.91. The number of anilines is 1. The number of phenols is 1. The van der Waals surface area contributed by atoms with E-state index in [1.165, 1.54) is 42.5 Å². The number of hydrogen-bond acceptors (Lipinski definition) is 6. The van der Waals surface area contributed by atoms with Crippen LogP contribution >= 0.6 is 19.2 Å². The minimum absolute atomic E-state index is 0.00295. The second-order valence-electron chi connectivity index (χ2n) is 4.63. The number of halogens is 1. The third-order valence-corrected chi connectivity index (χ3v) is 6.69. The Morgan fingerprint density at radius 2 is 1.67 bits per heavy atom. The molecule has 0 fully saturated rings. The van der Waals surface area contributed by atoms with E-state index >= 15 is 0 Å². The zero-order valence-electron chi connectivity index (χ0n) is 12.8. The van der Waals surface area contributed by atoms with Crippen LogP contribution in [0.15, 0.2) is 47.4 Å². The molecule has 2 N–H and O–H groups in total. The van der Waals surface area contributed by atoms with Gasteiger partial charge in [0, 0.05) is 19.2 Å². The Morgan fingerprint density at radius 3 is 2.21 bits per heavy atom. The maximum atomic E-state index is 12.4. The highest BCUT2D eigenvalue weighted by Crippen LogP contribution is 2.48. The molecule has 0 unspecified atom stereocenters. The molecule has 0 saturated heterocycles. The van der Waals surface area contributed by atoms with E-state index in [4.69, 9.17) is 20.6 Å². The zero-order valence-corrected chi connectivity index (χ0v) is 15.2. The molecule has 0 radical (unpaired) electrons. The zero-order chi connectivity index (χ0) is 18.0. The minimum Gasteiger partial charge on any atom is -0.507 e. The van der Waals surface area contributed by atoms with Gasteiger partial charge in [-0.2, -0.15) is 0 Å². The van der Waals surface area contributed by atoms with Crippen molar-refractivity contribution in [2.24, 2.45) is 0 Å². The van der Waals surface area contributed by atoms with Crippen LogP contribution < -0.4 is 10.0 Å². The fourth-order valence-corrected chi connectivity index (χ4v) is 4.28. The highest BCUT2D eigenvalue weighted by atomic mass is 35.5. The van der Waals surface area contributed by atoms with Crippen LogP contribution in [0.25, 0.3) is 0 Å². The molecule has 130 valence electrons. The van der Waals surface area contributed by atoms with Crippen LogP contribution in [0, 0.1) is 0 Å². The van der Waals surface area contributed by atoms with Gasteiger partial charge < -0.3 is 14.2 Å². The van der Waals surface area contributed by atoms with Gasteiger partial charge in [0.05, 0.1) is 10.6 Å². The Balaban J connectivity index is 2.40. The Labute approximate surface area is 144 Å². The summed E-state index contributed by atoms with van der Waals surface area (Å²) in [6, 6.07) is 9.30. The van der Waals surface area contributed by atoms with E-state index in [9.17, 15) is 18.1 Å². The number of phenolic OH excluding ortho intramolecular Hbond substituents is 1. The lowest BCUT2D eigenvalue weighted by atomic mass is 10.3. The summed E-state index contributed by atoms with van der Waals surface area (Å²) < 4.78 is 49.1. The third-order valence-electron chi connectivity index (χ3n) is 3.13. The van der Waals surface area contributed by atoms with Crippen molar-refractivity contribution in [1.29, 1.82) is 0 Å². The molecule has 2 rings (SSSR count). The first kappa shape index (κ1) is 18.8. The summed E-state index contributed by atoms with van der Waals surface area (Å²) >= 11 is 5.74. The van der Waals surface area contributed by atoms with Crippen molar-refractivity contribution in [3.8, 4) is 5.75 Å². The summed E-state index contributed by atoms with van der Waals surface area (Å²) in [7, 11) is -5.30. The van der Waals surface area contributed by atoms with Gasteiger partial charge in [-0.3, -0.25) is 9.29 Å². The summed E-state index contributed by atoms with van der Waals surface area (Å²) in [5.74, 6) is -0.337. The maximum absolute atomic E-state index is 12.4. The predicted octanol–water partition coefficient (Wildman–Crippen LogP) is 2.96. The largest absolute Gasteiger partial charge is 0.507 e. The van der Waals surface area contributed by atoms with Crippen molar-refractivity contribution in [3.63, 3.8) is 0 Å². The number of benzene rings is 2. The smallest absolute Gasteiger partial charge is 0.364 e. The molecule has 24 heavy (non-hydrogen) atoms. The van der Waals surface area contributed by atoms with E-state index in [-0.39, 0.29) is 21.6 Å². The predicted molar refractivity (Wildman–Crippen MR) is 91.6 cm³/mol. The molecule has 0 bridgehead atoms. The second-order valence-corrected chi connectivity index (χ2v) is 8.95. The van der Waals surface area contributed by atoms with Crippen LogP contribution in [0.1, 0.15) is 0 Å². The van der Waals surface area contributed by atoms with Crippen LogP contribution in [0.2, 0.25) is 5.02 Å². The summed E-state index contributed by atoms with van der Waals surface area (Å²) in [6.45, 7) is 0. The van der Waals surface area contributed by atoms with Gasteiger partial charge >= 0.3 is 7.60 Å². The molecule has 0 heterocycles. The monoisotopic (exact) mass is 391 g/mol. The molecule has 0 atom stereocenters. The maximum Gasteiger partial charge on any atom is 0.364 e. The van der Waals surface area contributed by atoms with Gasteiger partial charge in [0.25, 0.3) is 10.0 Å². The van der Waals surface area contributed by atoms with Crippen molar-refractivity contribution in [2.45, 2.75) is 4.90 Å². The lowest BCUT2D eigenvalue weighted by Gasteiger charge is -2.16. The van der Waals surface area contributed by atoms with E-state index in [1.807, 2.05) is 0 Å². The molecular formula is C14H15ClNO6PS. The molecule has 0 aliphatic heterocycles. The molecule has 7 nitrogen and oxygen atoms in total. The summed E-state index contributed by atoms with van der Waals surface area (Å²) in [6.07, 6.45) is 0. The minimum atomic E-state index is -3.88. The first-order chi connectivity index (χ1) is 11.2. The SMILES string of the molecule is COP(=O)(OC)c1cc(NS(=O)(=O)c2ccc(Cl)cc2)ccc1O. The van der Waals surface area contributed by atoms with E-state index in [2.05, 4.69) is 4.72 Å². The molecule has 2 aromatic rings. The summed E-state index contributed by atoms with van der Waals surface area (Å²) in [5, 5.41) is 10.1. The van der Waals surface area contributed by atoms with Gasteiger partial charge in [0.2, 0.25) is 0 Å². The molecule has 0 aliphatic rings. The molecular weight excluding hydrogens is 377 g/mol. The van der Waals surface area contributed by atoms with Crippen LogP contribution in [-0.2, 0) is 23.6 Å². The molecule has 0 saturated carbocycles. The van der Waals surface area contributed by atoms with Crippen molar-refractivity contribution < 1.29 is 27.1 Å². The topological polar surface area (TPSA) is 102 Å². The summed E-state index contributed by atoms with van der Waals surface area (Å²) in [5.41, 5.74) is 0.0899. The highest BCUT2D eigenvalue weighted by molar-refractivity contribution is 7.92. The van der Waals surface area contributed by atoms with E-state index < -0.39 is 17.6 Å². The van der Waals surface area contributed by atoms with Crippen molar-refractivity contribution >= 4 is 40.2 Å². The lowest BCUT2D eigenvalue weighted by molar-refractivity contribution is 0.286. The second kappa shape index (κ2) is 7.13.